The molecule has 1 aliphatic rings. The van der Waals surface area contributed by atoms with Crippen LogP contribution in [-0.4, -0.2) is 18.6 Å². The van der Waals surface area contributed by atoms with E-state index in [9.17, 15) is 10.1 Å². The first-order chi connectivity index (χ1) is 11.1. The van der Waals surface area contributed by atoms with Gasteiger partial charge in [-0.25, -0.2) is 0 Å². The lowest BCUT2D eigenvalue weighted by atomic mass is 9.86. The largest absolute Gasteiger partial charge is 0.494 e. The number of ether oxygens (including phenoxy) is 1. The highest BCUT2D eigenvalue weighted by Crippen LogP contribution is 2.24. The molecule has 4 nitrogen and oxygen atoms in total. The summed E-state index contributed by atoms with van der Waals surface area (Å²) >= 11 is 0. The number of carbonyl (C=O) groups is 1. The van der Waals surface area contributed by atoms with Gasteiger partial charge in [0.2, 0.25) is 0 Å². The van der Waals surface area contributed by atoms with E-state index in [2.05, 4.69) is 12.2 Å². The van der Waals surface area contributed by atoms with E-state index in [4.69, 9.17) is 4.74 Å². The van der Waals surface area contributed by atoms with E-state index in [1.165, 1.54) is 6.42 Å². The number of nitriles is 1. The molecule has 0 saturated heterocycles. The van der Waals surface area contributed by atoms with Crippen LogP contribution in [-0.2, 0) is 4.79 Å². The number of carbonyl (C=O) groups excluding carboxylic acids is 1. The summed E-state index contributed by atoms with van der Waals surface area (Å²) in [6, 6.07) is 9.56. The first kappa shape index (κ1) is 17.1. The van der Waals surface area contributed by atoms with Crippen molar-refractivity contribution >= 4 is 12.0 Å². The van der Waals surface area contributed by atoms with E-state index in [1.807, 2.05) is 37.3 Å². The highest BCUT2D eigenvalue weighted by molar-refractivity contribution is 6.01. The maximum Gasteiger partial charge on any atom is 0.262 e. The van der Waals surface area contributed by atoms with Gasteiger partial charge in [0.05, 0.1) is 6.61 Å². The van der Waals surface area contributed by atoms with Crippen LogP contribution in [0.25, 0.3) is 6.08 Å². The van der Waals surface area contributed by atoms with Crippen molar-refractivity contribution in [3.05, 3.63) is 35.4 Å². The van der Waals surface area contributed by atoms with E-state index in [1.54, 1.807) is 6.08 Å². The average molecular weight is 312 g/mol. The van der Waals surface area contributed by atoms with Crippen molar-refractivity contribution in [2.45, 2.75) is 45.6 Å². The predicted molar refractivity (Wildman–Crippen MR) is 90.8 cm³/mol. The van der Waals surface area contributed by atoms with E-state index in [-0.39, 0.29) is 17.5 Å². The third-order valence-electron chi connectivity index (χ3n) is 4.30. The summed E-state index contributed by atoms with van der Waals surface area (Å²) in [5.74, 6) is 0.974. The van der Waals surface area contributed by atoms with Crippen molar-refractivity contribution in [1.82, 2.24) is 5.32 Å². The van der Waals surface area contributed by atoms with Gasteiger partial charge in [-0.15, -0.1) is 0 Å². The lowest BCUT2D eigenvalue weighted by Gasteiger charge is -2.29. The molecule has 23 heavy (non-hydrogen) atoms. The summed E-state index contributed by atoms with van der Waals surface area (Å²) < 4.78 is 5.39. The molecule has 0 heterocycles. The third kappa shape index (κ3) is 4.85. The first-order valence-electron chi connectivity index (χ1n) is 8.29. The first-order valence-corrected chi connectivity index (χ1v) is 8.29. The van der Waals surface area contributed by atoms with Crippen molar-refractivity contribution in [1.29, 1.82) is 5.26 Å². The van der Waals surface area contributed by atoms with Gasteiger partial charge >= 0.3 is 0 Å². The van der Waals surface area contributed by atoms with Gasteiger partial charge in [0.1, 0.15) is 17.4 Å². The Kier molecular flexibility index (Phi) is 6.22. The van der Waals surface area contributed by atoms with Crippen LogP contribution < -0.4 is 10.1 Å². The van der Waals surface area contributed by atoms with Crippen LogP contribution in [0.4, 0.5) is 0 Å². The molecule has 1 amide bonds. The third-order valence-corrected chi connectivity index (χ3v) is 4.30. The lowest BCUT2D eigenvalue weighted by molar-refractivity contribution is -0.118. The SMILES string of the molecule is CCOc1ccc(/C=C(\C#N)C(=O)N[C@H]2CCCC[C@H]2C)cc1. The zero-order valence-corrected chi connectivity index (χ0v) is 13.8. The van der Waals surface area contributed by atoms with Crippen LogP contribution >= 0.6 is 0 Å². The number of hydrogen-bond donors (Lipinski definition) is 1. The standard InChI is InChI=1S/C19H24N2O2/c1-3-23-17-10-8-15(9-11-17)12-16(13-20)19(22)21-18-7-5-4-6-14(18)2/h8-12,14,18H,3-7H2,1-2H3,(H,21,22)/b16-12+/t14-,18+/m1/s1. The molecule has 1 fully saturated rings. The molecule has 4 heteroatoms. The predicted octanol–water partition coefficient (Wildman–Crippen LogP) is 3.69. The van der Waals surface area contributed by atoms with E-state index in [0.29, 0.717) is 12.5 Å². The van der Waals surface area contributed by atoms with Gasteiger partial charge in [-0.2, -0.15) is 5.26 Å². The van der Waals surface area contributed by atoms with Crippen molar-refractivity contribution < 1.29 is 9.53 Å². The van der Waals surface area contributed by atoms with E-state index >= 15 is 0 Å². The Bertz CT molecular complexity index is 599. The van der Waals surface area contributed by atoms with Gasteiger partial charge < -0.3 is 10.1 Å². The summed E-state index contributed by atoms with van der Waals surface area (Å²) in [6.07, 6.45) is 6.11. The number of nitrogens with one attached hydrogen (secondary N) is 1. The molecule has 1 aromatic rings. The van der Waals surface area contributed by atoms with Crippen molar-refractivity contribution in [3.8, 4) is 11.8 Å². The van der Waals surface area contributed by atoms with Crippen LogP contribution in [0.15, 0.2) is 29.8 Å². The van der Waals surface area contributed by atoms with Gasteiger partial charge in [-0.1, -0.05) is 31.9 Å². The van der Waals surface area contributed by atoms with Crippen molar-refractivity contribution in [2.24, 2.45) is 5.92 Å². The zero-order valence-electron chi connectivity index (χ0n) is 13.8. The molecule has 0 radical (unpaired) electrons. The smallest absolute Gasteiger partial charge is 0.262 e. The van der Waals surface area contributed by atoms with Gasteiger partial charge in [-0.3, -0.25) is 4.79 Å². The van der Waals surface area contributed by atoms with Gasteiger partial charge in [0.25, 0.3) is 5.91 Å². The zero-order chi connectivity index (χ0) is 16.7. The molecule has 0 aromatic heterocycles. The number of benzene rings is 1. The van der Waals surface area contributed by atoms with Crippen LogP contribution in [0.3, 0.4) is 0 Å². The molecule has 0 bridgehead atoms. The van der Waals surface area contributed by atoms with Crippen LogP contribution in [0.5, 0.6) is 5.75 Å². The topological polar surface area (TPSA) is 62.1 Å². The molecule has 0 aliphatic heterocycles. The fourth-order valence-corrected chi connectivity index (χ4v) is 2.92. The molecule has 2 rings (SSSR count). The second kappa shape index (κ2) is 8.38. The minimum atomic E-state index is -0.278. The summed E-state index contributed by atoms with van der Waals surface area (Å²) in [7, 11) is 0. The van der Waals surface area contributed by atoms with Crippen LogP contribution in [0, 0.1) is 17.2 Å². The Morgan fingerprint density at radius 3 is 2.65 bits per heavy atom. The molecule has 1 aromatic carbocycles. The summed E-state index contributed by atoms with van der Waals surface area (Å²) in [5, 5.41) is 12.3. The monoisotopic (exact) mass is 312 g/mol. The normalized spacial score (nSPS) is 21.3. The summed E-state index contributed by atoms with van der Waals surface area (Å²) in [4.78, 5) is 12.3. The minimum Gasteiger partial charge on any atom is -0.494 e. The maximum absolute atomic E-state index is 12.3. The summed E-state index contributed by atoms with van der Waals surface area (Å²) in [6.45, 7) is 4.70. The Morgan fingerprint density at radius 2 is 2.04 bits per heavy atom. The molecule has 0 unspecified atom stereocenters. The van der Waals surface area contributed by atoms with Crippen molar-refractivity contribution in [3.63, 3.8) is 0 Å². The molecule has 1 saturated carbocycles. The number of rotatable bonds is 5. The second-order valence-electron chi connectivity index (χ2n) is 6.01. The molecule has 122 valence electrons. The highest BCUT2D eigenvalue weighted by Gasteiger charge is 2.23. The van der Waals surface area contributed by atoms with Gasteiger partial charge in [0, 0.05) is 6.04 Å². The molecule has 2 atom stereocenters. The van der Waals surface area contributed by atoms with Crippen molar-refractivity contribution in [2.75, 3.05) is 6.61 Å². The minimum absolute atomic E-state index is 0.145. The quantitative estimate of drug-likeness (QED) is 0.666. The molecule has 0 spiro atoms. The fourth-order valence-electron chi connectivity index (χ4n) is 2.92. The van der Waals surface area contributed by atoms with E-state index in [0.717, 1.165) is 30.6 Å². The maximum atomic E-state index is 12.3. The van der Waals surface area contributed by atoms with Gasteiger partial charge in [0.15, 0.2) is 0 Å². The number of hydrogen-bond acceptors (Lipinski definition) is 3. The lowest BCUT2D eigenvalue weighted by Crippen LogP contribution is -2.41. The second-order valence-corrected chi connectivity index (χ2v) is 6.01. The molecular weight excluding hydrogens is 288 g/mol. The number of nitrogens with zero attached hydrogens (tertiary/aromatic N) is 1. The molecule has 1 N–H and O–H groups in total. The average Bonchev–Trinajstić information content (AvgIpc) is 2.56. The van der Waals surface area contributed by atoms with Crippen LogP contribution in [0.1, 0.15) is 45.1 Å². The van der Waals surface area contributed by atoms with Gasteiger partial charge in [-0.05, 0) is 49.5 Å². The number of amides is 1. The molecular formula is C19H24N2O2. The highest BCUT2D eigenvalue weighted by atomic mass is 16.5. The Hall–Kier alpha value is -2.28. The fraction of sp³-hybridized carbons (Fsp3) is 0.474. The molecule has 1 aliphatic carbocycles. The Balaban J connectivity index is 2.05. The Morgan fingerprint density at radius 1 is 1.35 bits per heavy atom. The Labute approximate surface area is 138 Å². The van der Waals surface area contributed by atoms with E-state index < -0.39 is 0 Å². The summed E-state index contributed by atoms with van der Waals surface area (Å²) in [5.41, 5.74) is 0.962. The van der Waals surface area contributed by atoms with Crippen LogP contribution in [0.2, 0.25) is 0 Å².